The fraction of sp³-hybridized carbons (Fsp3) is 0. The Kier molecular flexibility index (Phi) is 4.49. The Morgan fingerprint density at radius 3 is 1.81 bits per heavy atom. The van der Waals surface area contributed by atoms with Gasteiger partial charge in [-0.3, -0.25) is 20.4 Å². The first kappa shape index (κ1) is 14.9. The molecule has 21 heavy (non-hydrogen) atoms. The van der Waals surface area contributed by atoms with Gasteiger partial charge in [0.15, 0.2) is 0 Å². The van der Waals surface area contributed by atoms with Crippen LogP contribution in [0.15, 0.2) is 42.5 Å². The van der Waals surface area contributed by atoms with E-state index in [1.807, 2.05) is 0 Å². The first-order chi connectivity index (χ1) is 9.95. The molecule has 0 fully saturated rings. The molecular formula is C14H9ClF2N2O2. The molecule has 0 spiro atoms. The Balaban J connectivity index is 2.00. The van der Waals surface area contributed by atoms with E-state index in [4.69, 9.17) is 11.6 Å². The van der Waals surface area contributed by atoms with Crippen molar-refractivity contribution >= 4 is 23.4 Å². The molecule has 0 aliphatic rings. The second-order valence-corrected chi connectivity index (χ2v) is 4.51. The summed E-state index contributed by atoms with van der Waals surface area (Å²) in [6.07, 6.45) is 0. The Labute approximate surface area is 123 Å². The highest BCUT2D eigenvalue weighted by Crippen LogP contribution is 2.09. The standard InChI is InChI=1S/C14H9ClF2N2O2/c15-10-3-1-8(2-4-10)13(20)18-19-14(21)9-5-11(16)7-12(17)6-9/h1-7H,(H,18,20)(H,19,21). The number of halogens is 3. The normalized spacial score (nSPS) is 10.0. The molecule has 2 rings (SSSR count). The lowest BCUT2D eigenvalue weighted by Gasteiger charge is -2.07. The molecule has 2 aromatic carbocycles. The van der Waals surface area contributed by atoms with Crippen LogP contribution in [-0.4, -0.2) is 11.8 Å². The highest BCUT2D eigenvalue weighted by molar-refractivity contribution is 6.30. The number of nitrogens with one attached hydrogen (secondary N) is 2. The van der Waals surface area contributed by atoms with Crippen molar-refractivity contribution in [2.75, 3.05) is 0 Å². The van der Waals surface area contributed by atoms with E-state index in [-0.39, 0.29) is 11.1 Å². The van der Waals surface area contributed by atoms with Crippen LogP contribution in [0.2, 0.25) is 5.02 Å². The fourth-order valence-electron chi connectivity index (χ4n) is 1.54. The largest absolute Gasteiger partial charge is 0.269 e. The highest BCUT2D eigenvalue weighted by atomic mass is 35.5. The summed E-state index contributed by atoms with van der Waals surface area (Å²) in [6, 6.07) is 8.31. The van der Waals surface area contributed by atoms with Gasteiger partial charge in [-0.05, 0) is 36.4 Å². The number of hydrazine groups is 1. The molecule has 0 saturated heterocycles. The van der Waals surface area contributed by atoms with Crippen LogP contribution in [0.5, 0.6) is 0 Å². The van der Waals surface area contributed by atoms with Gasteiger partial charge in [-0.1, -0.05) is 11.6 Å². The van der Waals surface area contributed by atoms with Crippen molar-refractivity contribution < 1.29 is 18.4 Å². The van der Waals surface area contributed by atoms with Crippen LogP contribution in [0.1, 0.15) is 20.7 Å². The Hall–Kier alpha value is -2.47. The van der Waals surface area contributed by atoms with Crippen LogP contribution < -0.4 is 10.9 Å². The zero-order valence-corrected chi connectivity index (χ0v) is 11.2. The van der Waals surface area contributed by atoms with Gasteiger partial charge in [-0.15, -0.1) is 0 Å². The summed E-state index contributed by atoms with van der Waals surface area (Å²) in [4.78, 5) is 23.4. The van der Waals surface area contributed by atoms with Crippen molar-refractivity contribution in [3.8, 4) is 0 Å². The summed E-state index contributed by atoms with van der Waals surface area (Å²) in [7, 11) is 0. The van der Waals surface area contributed by atoms with Gasteiger partial charge >= 0.3 is 0 Å². The van der Waals surface area contributed by atoms with E-state index in [2.05, 4.69) is 10.9 Å². The maximum atomic E-state index is 13.0. The summed E-state index contributed by atoms with van der Waals surface area (Å²) in [5.74, 6) is -3.19. The van der Waals surface area contributed by atoms with E-state index in [9.17, 15) is 18.4 Å². The number of rotatable bonds is 2. The monoisotopic (exact) mass is 310 g/mol. The number of carbonyl (C=O) groups is 2. The van der Waals surface area contributed by atoms with Gasteiger partial charge in [0, 0.05) is 22.2 Å². The van der Waals surface area contributed by atoms with E-state index in [0.717, 1.165) is 12.1 Å². The molecule has 7 heteroatoms. The minimum Gasteiger partial charge on any atom is -0.267 e. The van der Waals surface area contributed by atoms with Crippen LogP contribution in [-0.2, 0) is 0 Å². The minimum absolute atomic E-state index is 0.246. The van der Waals surface area contributed by atoms with Crippen molar-refractivity contribution in [1.82, 2.24) is 10.9 Å². The number of benzene rings is 2. The van der Waals surface area contributed by atoms with E-state index >= 15 is 0 Å². The quantitative estimate of drug-likeness (QED) is 0.838. The molecule has 0 bridgehead atoms. The van der Waals surface area contributed by atoms with Gasteiger partial charge in [0.2, 0.25) is 0 Å². The Bertz CT molecular complexity index is 670. The van der Waals surface area contributed by atoms with E-state index in [1.54, 1.807) is 0 Å². The second kappa shape index (κ2) is 6.32. The van der Waals surface area contributed by atoms with Crippen molar-refractivity contribution in [1.29, 1.82) is 0 Å². The van der Waals surface area contributed by atoms with Gasteiger partial charge in [0.1, 0.15) is 11.6 Å². The summed E-state index contributed by atoms with van der Waals surface area (Å²) < 4.78 is 25.9. The first-order valence-electron chi connectivity index (χ1n) is 5.78. The number of hydrogen-bond acceptors (Lipinski definition) is 2. The van der Waals surface area contributed by atoms with E-state index in [1.165, 1.54) is 24.3 Å². The maximum absolute atomic E-state index is 13.0. The molecular weight excluding hydrogens is 302 g/mol. The zero-order valence-electron chi connectivity index (χ0n) is 10.5. The van der Waals surface area contributed by atoms with Crippen LogP contribution in [0.3, 0.4) is 0 Å². The minimum atomic E-state index is -0.885. The molecule has 0 aliphatic carbocycles. The highest BCUT2D eigenvalue weighted by Gasteiger charge is 2.11. The number of hydrogen-bond donors (Lipinski definition) is 2. The maximum Gasteiger partial charge on any atom is 0.269 e. The molecule has 0 radical (unpaired) electrons. The SMILES string of the molecule is O=C(NNC(=O)c1cc(F)cc(F)c1)c1ccc(Cl)cc1. The van der Waals surface area contributed by atoms with Gasteiger partial charge in [0.25, 0.3) is 11.8 Å². The van der Waals surface area contributed by atoms with Crippen LogP contribution in [0, 0.1) is 11.6 Å². The third kappa shape index (κ3) is 4.00. The summed E-state index contributed by atoms with van der Waals surface area (Å²) in [5.41, 5.74) is 4.21. The lowest BCUT2D eigenvalue weighted by atomic mass is 10.2. The molecule has 0 aromatic heterocycles. The van der Waals surface area contributed by atoms with E-state index < -0.39 is 23.4 Å². The average Bonchev–Trinajstić information content (AvgIpc) is 2.44. The Morgan fingerprint density at radius 1 is 0.810 bits per heavy atom. The van der Waals surface area contributed by atoms with Crippen LogP contribution >= 0.6 is 11.6 Å². The zero-order chi connectivity index (χ0) is 15.4. The van der Waals surface area contributed by atoms with Crippen molar-refractivity contribution in [2.45, 2.75) is 0 Å². The molecule has 0 atom stereocenters. The smallest absolute Gasteiger partial charge is 0.267 e. The summed E-state index contributed by atoms with van der Waals surface area (Å²) >= 11 is 5.68. The predicted molar refractivity (Wildman–Crippen MR) is 72.7 cm³/mol. The molecule has 0 heterocycles. The molecule has 108 valence electrons. The molecule has 4 nitrogen and oxygen atoms in total. The van der Waals surface area contributed by atoms with Crippen LogP contribution in [0.25, 0.3) is 0 Å². The van der Waals surface area contributed by atoms with Crippen molar-refractivity contribution in [3.05, 3.63) is 70.2 Å². The lowest BCUT2D eigenvalue weighted by molar-refractivity contribution is 0.0846. The molecule has 0 saturated carbocycles. The Morgan fingerprint density at radius 2 is 1.29 bits per heavy atom. The molecule has 2 amide bonds. The number of carbonyl (C=O) groups excluding carboxylic acids is 2. The van der Waals surface area contributed by atoms with Crippen molar-refractivity contribution in [2.24, 2.45) is 0 Å². The molecule has 2 N–H and O–H groups in total. The third-order valence-electron chi connectivity index (χ3n) is 2.52. The average molecular weight is 311 g/mol. The van der Waals surface area contributed by atoms with Gasteiger partial charge in [-0.2, -0.15) is 0 Å². The third-order valence-corrected chi connectivity index (χ3v) is 2.77. The number of amides is 2. The van der Waals surface area contributed by atoms with E-state index in [0.29, 0.717) is 11.1 Å². The molecule has 0 unspecified atom stereocenters. The topological polar surface area (TPSA) is 58.2 Å². The van der Waals surface area contributed by atoms with Crippen molar-refractivity contribution in [3.63, 3.8) is 0 Å². The lowest BCUT2D eigenvalue weighted by Crippen LogP contribution is -2.41. The molecule has 0 aliphatic heterocycles. The van der Waals surface area contributed by atoms with Gasteiger partial charge in [-0.25, -0.2) is 8.78 Å². The molecule has 2 aromatic rings. The first-order valence-corrected chi connectivity index (χ1v) is 6.16. The fourth-order valence-corrected chi connectivity index (χ4v) is 1.67. The second-order valence-electron chi connectivity index (χ2n) is 4.07. The summed E-state index contributed by atoms with van der Waals surface area (Å²) in [6.45, 7) is 0. The van der Waals surface area contributed by atoms with Gasteiger partial charge < -0.3 is 0 Å². The van der Waals surface area contributed by atoms with Gasteiger partial charge in [0.05, 0.1) is 0 Å². The van der Waals surface area contributed by atoms with Crippen LogP contribution in [0.4, 0.5) is 8.78 Å². The summed E-state index contributed by atoms with van der Waals surface area (Å²) in [5, 5.41) is 0.464. The predicted octanol–water partition coefficient (Wildman–Crippen LogP) is 2.69.